The standard InChI is InChI=1S/C32H41N5O8S/c1-19(29(40)35-46-23-10-11-23)34-30(41)26-17-22(45-31-24-12-9-21(44-2)16-20(24)13-14-33-31)18-37(26)28(39)8-5-7-27(38)36-15-4-3-6-25(36)32(42)43/h9,12-14,16,19,22-23,25-26H,3-8,10-11,15,17-18H2,1-2H3,(H,34,41)(H,35,40)(H,42,43)/t19?,22?,25-,26?/m1/s1. The lowest BCUT2D eigenvalue weighted by Gasteiger charge is -2.33. The summed E-state index contributed by atoms with van der Waals surface area (Å²) in [5, 5.41) is 14.3. The van der Waals surface area contributed by atoms with Gasteiger partial charge in [-0.2, -0.15) is 0 Å². The molecule has 3 unspecified atom stereocenters. The first-order chi connectivity index (χ1) is 22.1. The fourth-order valence-corrected chi connectivity index (χ4v) is 6.70. The molecule has 2 aliphatic heterocycles. The lowest BCUT2D eigenvalue weighted by Crippen LogP contribution is -2.51. The molecule has 1 aromatic heterocycles. The number of amides is 4. The minimum atomic E-state index is -1.02. The highest BCUT2D eigenvalue weighted by atomic mass is 32.2. The number of methoxy groups -OCH3 is 1. The number of carboxylic acids is 1. The number of piperidine rings is 1. The molecule has 2 saturated heterocycles. The predicted octanol–water partition coefficient (Wildman–Crippen LogP) is 2.66. The van der Waals surface area contributed by atoms with E-state index < -0.39 is 36.1 Å². The summed E-state index contributed by atoms with van der Waals surface area (Å²) < 4.78 is 14.4. The Morgan fingerprint density at radius 2 is 1.80 bits per heavy atom. The second kappa shape index (κ2) is 15.0. The third-order valence-electron chi connectivity index (χ3n) is 8.59. The van der Waals surface area contributed by atoms with Crippen LogP contribution in [0.1, 0.15) is 64.7 Å². The van der Waals surface area contributed by atoms with Gasteiger partial charge in [-0.3, -0.25) is 23.9 Å². The largest absolute Gasteiger partial charge is 0.497 e. The normalized spacial score (nSPS) is 21.8. The van der Waals surface area contributed by atoms with Gasteiger partial charge in [0, 0.05) is 42.6 Å². The number of ether oxygens (including phenoxy) is 2. The Morgan fingerprint density at radius 3 is 2.52 bits per heavy atom. The van der Waals surface area contributed by atoms with E-state index in [0.29, 0.717) is 29.8 Å². The van der Waals surface area contributed by atoms with Crippen molar-refractivity contribution in [2.45, 2.75) is 94.2 Å². The van der Waals surface area contributed by atoms with Crippen molar-refractivity contribution in [2.75, 3.05) is 20.2 Å². The van der Waals surface area contributed by atoms with Crippen molar-refractivity contribution in [3.05, 3.63) is 30.5 Å². The maximum absolute atomic E-state index is 13.5. The van der Waals surface area contributed by atoms with E-state index in [1.807, 2.05) is 18.2 Å². The molecule has 4 amide bonds. The van der Waals surface area contributed by atoms with Crippen LogP contribution in [0.4, 0.5) is 0 Å². The van der Waals surface area contributed by atoms with Gasteiger partial charge in [0.15, 0.2) is 0 Å². The quantitative estimate of drug-likeness (QED) is 0.273. The average molecular weight is 656 g/mol. The number of benzene rings is 1. The van der Waals surface area contributed by atoms with E-state index in [1.165, 1.54) is 21.7 Å². The molecule has 0 radical (unpaired) electrons. The number of carboxylic acid groups (broad SMARTS) is 1. The highest BCUT2D eigenvalue weighted by molar-refractivity contribution is 7.98. The van der Waals surface area contributed by atoms with Gasteiger partial charge in [0.1, 0.15) is 30.0 Å². The summed E-state index contributed by atoms with van der Waals surface area (Å²) in [6.45, 7) is 2.10. The Bertz CT molecular complexity index is 1470. The van der Waals surface area contributed by atoms with Crippen LogP contribution in [0.5, 0.6) is 11.6 Å². The lowest BCUT2D eigenvalue weighted by molar-refractivity contribution is -0.152. The molecule has 4 atom stereocenters. The summed E-state index contributed by atoms with van der Waals surface area (Å²) >= 11 is 1.36. The number of aliphatic carboxylic acids is 1. The van der Waals surface area contributed by atoms with Crippen LogP contribution < -0.4 is 19.5 Å². The van der Waals surface area contributed by atoms with E-state index in [0.717, 1.165) is 36.5 Å². The number of nitrogens with zero attached hydrogens (tertiary/aromatic N) is 3. The number of hydrogen-bond donors (Lipinski definition) is 3. The molecule has 14 heteroatoms. The van der Waals surface area contributed by atoms with E-state index in [4.69, 9.17) is 9.47 Å². The fraction of sp³-hybridized carbons (Fsp3) is 0.562. The van der Waals surface area contributed by atoms with Crippen LogP contribution in [-0.4, -0.2) is 99.2 Å². The van der Waals surface area contributed by atoms with Gasteiger partial charge in [0.2, 0.25) is 23.6 Å². The summed E-state index contributed by atoms with van der Waals surface area (Å²) in [4.78, 5) is 71.4. The van der Waals surface area contributed by atoms with Crippen LogP contribution >= 0.6 is 11.9 Å². The topological polar surface area (TPSA) is 167 Å². The Labute approximate surface area is 271 Å². The summed E-state index contributed by atoms with van der Waals surface area (Å²) in [6, 6.07) is 4.79. The highest BCUT2D eigenvalue weighted by Crippen LogP contribution is 2.32. The van der Waals surface area contributed by atoms with Crippen LogP contribution in [-0.2, 0) is 24.0 Å². The van der Waals surface area contributed by atoms with Gasteiger partial charge < -0.3 is 29.7 Å². The zero-order valence-electron chi connectivity index (χ0n) is 26.1. The lowest BCUT2D eigenvalue weighted by atomic mass is 10.0. The van der Waals surface area contributed by atoms with Crippen molar-refractivity contribution in [1.29, 1.82) is 0 Å². The molecule has 1 aliphatic carbocycles. The first-order valence-electron chi connectivity index (χ1n) is 15.8. The molecular weight excluding hydrogens is 614 g/mol. The van der Waals surface area contributed by atoms with E-state index in [1.54, 1.807) is 26.3 Å². The minimum absolute atomic E-state index is 0.00576. The van der Waals surface area contributed by atoms with Crippen molar-refractivity contribution in [3.63, 3.8) is 0 Å². The monoisotopic (exact) mass is 655 g/mol. The zero-order chi connectivity index (χ0) is 32.8. The van der Waals surface area contributed by atoms with Crippen molar-refractivity contribution in [3.8, 4) is 11.6 Å². The van der Waals surface area contributed by atoms with Crippen molar-refractivity contribution < 1.29 is 38.6 Å². The van der Waals surface area contributed by atoms with Crippen molar-refractivity contribution in [1.82, 2.24) is 24.8 Å². The molecule has 46 heavy (non-hydrogen) atoms. The third kappa shape index (κ3) is 8.20. The Kier molecular flexibility index (Phi) is 10.9. The maximum Gasteiger partial charge on any atom is 0.326 e. The summed E-state index contributed by atoms with van der Waals surface area (Å²) in [5.41, 5.74) is 0. The molecule has 0 spiro atoms. The predicted molar refractivity (Wildman–Crippen MR) is 170 cm³/mol. The van der Waals surface area contributed by atoms with Gasteiger partial charge in [-0.25, -0.2) is 9.78 Å². The van der Waals surface area contributed by atoms with E-state index in [9.17, 15) is 29.1 Å². The first-order valence-corrected chi connectivity index (χ1v) is 16.7. The molecule has 3 heterocycles. The minimum Gasteiger partial charge on any atom is -0.497 e. The van der Waals surface area contributed by atoms with Gasteiger partial charge in [-0.05, 0) is 87.0 Å². The van der Waals surface area contributed by atoms with Crippen molar-refractivity contribution in [2.24, 2.45) is 0 Å². The first kappa shape index (κ1) is 33.3. The number of likely N-dealkylation sites (tertiary alicyclic amines) is 2. The molecule has 2 aromatic rings. The van der Waals surface area contributed by atoms with Crippen LogP contribution in [0, 0.1) is 0 Å². The molecule has 3 aliphatic rings. The van der Waals surface area contributed by atoms with Gasteiger partial charge >= 0.3 is 5.97 Å². The summed E-state index contributed by atoms with van der Waals surface area (Å²) in [7, 11) is 1.59. The Morgan fingerprint density at radius 1 is 1.04 bits per heavy atom. The van der Waals surface area contributed by atoms with Crippen molar-refractivity contribution >= 4 is 52.3 Å². The molecular formula is C32H41N5O8S. The number of aromatic nitrogens is 1. The number of pyridine rings is 1. The molecule has 3 fully saturated rings. The maximum atomic E-state index is 13.5. The van der Waals surface area contributed by atoms with E-state index >= 15 is 0 Å². The Hall–Kier alpha value is -4.07. The van der Waals surface area contributed by atoms with Crippen LogP contribution in [0.15, 0.2) is 30.5 Å². The zero-order valence-corrected chi connectivity index (χ0v) is 26.9. The molecule has 13 nitrogen and oxygen atoms in total. The van der Waals surface area contributed by atoms with E-state index in [-0.39, 0.29) is 49.9 Å². The molecule has 1 saturated carbocycles. The second-order valence-electron chi connectivity index (χ2n) is 12.0. The Balaban J connectivity index is 1.25. The second-order valence-corrected chi connectivity index (χ2v) is 13.2. The summed E-state index contributed by atoms with van der Waals surface area (Å²) in [6.07, 6.45) is 5.50. The third-order valence-corrected chi connectivity index (χ3v) is 9.71. The molecule has 0 bridgehead atoms. The summed E-state index contributed by atoms with van der Waals surface area (Å²) in [5.74, 6) is -1.38. The number of carbonyl (C=O) groups excluding carboxylic acids is 4. The van der Waals surface area contributed by atoms with Crippen LogP contribution in [0.3, 0.4) is 0 Å². The number of carbonyl (C=O) groups is 5. The average Bonchev–Trinajstić information content (AvgIpc) is 3.79. The van der Waals surface area contributed by atoms with Crippen LogP contribution in [0.25, 0.3) is 10.8 Å². The SMILES string of the molecule is COc1ccc2c(OC3CC(C(=O)NC(C)C(=O)NSC4CC4)N(C(=O)CCCC(=O)N4CCCC[C@@H]4C(=O)O)C3)nccc2c1. The van der Waals surface area contributed by atoms with E-state index in [2.05, 4.69) is 15.0 Å². The number of hydrogen-bond acceptors (Lipinski definition) is 9. The molecule has 248 valence electrons. The molecule has 3 N–H and O–H groups in total. The molecule has 5 rings (SSSR count). The number of rotatable bonds is 13. The van der Waals surface area contributed by atoms with Gasteiger partial charge in [-0.15, -0.1) is 0 Å². The van der Waals surface area contributed by atoms with Gasteiger partial charge in [0.25, 0.3) is 5.91 Å². The number of fused-ring (bicyclic) bond motifs is 1. The fourth-order valence-electron chi connectivity index (χ4n) is 5.87. The highest BCUT2D eigenvalue weighted by Gasteiger charge is 2.42. The number of nitrogens with one attached hydrogen (secondary N) is 2. The van der Waals surface area contributed by atoms with Gasteiger partial charge in [-0.1, -0.05) is 0 Å². The smallest absolute Gasteiger partial charge is 0.326 e. The molecule has 1 aromatic carbocycles. The van der Waals surface area contributed by atoms with Crippen LogP contribution in [0.2, 0.25) is 0 Å². The van der Waals surface area contributed by atoms with Gasteiger partial charge in [0.05, 0.1) is 13.7 Å².